The number of nitrogens with one attached hydrogen (secondary N) is 1. The zero-order valence-corrected chi connectivity index (χ0v) is 13.8. The molecule has 1 heterocycles. The molecule has 0 aliphatic heterocycles. The number of hydrogen-bond donors (Lipinski definition) is 1. The Morgan fingerprint density at radius 3 is 2.78 bits per heavy atom. The van der Waals surface area contributed by atoms with Crippen LogP contribution in [0.25, 0.3) is 0 Å². The van der Waals surface area contributed by atoms with Crippen molar-refractivity contribution in [2.45, 2.75) is 52.2 Å². The number of nitrogens with zero attached hydrogens (tertiary/aromatic N) is 1. The van der Waals surface area contributed by atoms with Gasteiger partial charge in [-0.3, -0.25) is 4.79 Å². The predicted octanol–water partition coefficient (Wildman–Crippen LogP) is 1.81. The van der Waals surface area contributed by atoms with Crippen LogP contribution < -0.4 is 10.0 Å². The minimum Gasteiger partial charge on any atom is -0.618 e. The van der Waals surface area contributed by atoms with Crippen molar-refractivity contribution < 1.29 is 19.1 Å². The molecule has 0 bridgehead atoms. The number of aromatic nitrogens is 1. The zero-order chi connectivity index (χ0) is 17.0. The lowest BCUT2D eigenvalue weighted by atomic mass is 9.78. The third-order valence-electron chi connectivity index (χ3n) is 4.72. The maximum atomic E-state index is 12.2. The average Bonchev–Trinajstić information content (AvgIpc) is 2.52. The van der Waals surface area contributed by atoms with Crippen molar-refractivity contribution in [3.05, 3.63) is 35.3 Å². The fraction of sp³-hybridized carbons (Fsp3) is 0.588. The first kappa shape index (κ1) is 17.2. The van der Waals surface area contributed by atoms with Crippen molar-refractivity contribution in [1.29, 1.82) is 0 Å². The number of rotatable bonds is 4. The third-order valence-corrected chi connectivity index (χ3v) is 4.72. The molecule has 23 heavy (non-hydrogen) atoms. The molecular formula is C17H24N2O4. The van der Waals surface area contributed by atoms with Crippen LogP contribution in [0.4, 0.5) is 0 Å². The summed E-state index contributed by atoms with van der Waals surface area (Å²) in [6.07, 6.45) is 3.48. The lowest BCUT2D eigenvalue weighted by molar-refractivity contribution is -0.608. The molecule has 1 aliphatic carbocycles. The Labute approximate surface area is 136 Å². The van der Waals surface area contributed by atoms with Gasteiger partial charge < -0.3 is 15.3 Å². The zero-order valence-electron chi connectivity index (χ0n) is 13.8. The van der Waals surface area contributed by atoms with Gasteiger partial charge in [0.15, 0.2) is 12.3 Å². The third kappa shape index (κ3) is 4.21. The van der Waals surface area contributed by atoms with Crippen molar-refractivity contribution in [3.8, 4) is 0 Å². The second-order valence-electron chi connectivity index (χ2n) is 6.34. The highest BCUT2D eigenvalue weighted by Crippen LogP contribution is 2.29. The van der Waals surface area contributed by atoms with E-state index in [1.165, 1.54) is 31.7 Å². The molecule has 4 atom stereocenters. The number of esters is 1. The Kier molecular flexibility index (Phi) is 5.58. The average molecular weight is 320 g/mol. The molecule has 1 saturated carbocycles. The molecule has 0 aromatic carbocycles. The highest BCUT2D eigenvalue weighted by molar-refractivity contribution is 5.89. The van der Waals surface area contributed by atoms with Gasteiger partial charge in [0.2, 0.25) is 0 Å². The monoisotopic (exact) mass is 320 g/mol. The topological polar surface area (TPSA) is 82.3 Å². The molecule has 1 amide bonds. The Balaban J connectivity index is 1.92. The molecule has 6 nitrogen and oxygen atoms in total. The van der Waals surface area contributed by atoms with Crippen LogP contribution in [-0.2, 0) is 9.53 Å². The summed E-state index contributed by atoms with van der Waals surface area (Å²) in [6, 6.07) is 4.56. The largest absolute Gasteiger partial charge is 0.618 e. The van der Waals surface area contributed by atoms with Gasteiger partial charge in [0.1, 0.15) is 0 Å². The molecule has 1 aromatic rings. The van der Waals surface area contributed by atoms with Crippen molar-refractivity contribution in [3.63, 3.8) is 0 Å². The van der Waals surface area contributed by atoms with Crippen LogP contribution in [0.15, 0.2) is 24.4 Å². The van der Waals surface area contributed by atoms with E-state index in [9.17, 15) is 14.8 Å². The lowest BCUT2D eigenvalue weighted by Crippen LogP contribution is -2.48. The number of hydrogen-bond acceptors (Lipinski definition) is 4. The predicted molar refractivity (Wildman–Crippen MR) is 84.4 cm³/mol. The summed E-state index contributed by atoms with van der Waals surface area (Å²) >= 11 is 0. The second kappa shape index (κ2) is 7.44. The molecule has 0 radical (unpaired) electrons. The van der Waals surface area contributed by atoms with Crippen LogP contribution in [-0.4, -0.2) is 24.0 Å². The van der Waals surface area contributed by atoms with Crippen molar-refractivity contribution in [1.82, 2.24) is 5.32 Å². The van der Waals surface area contributed by atoms with E-state index in [0.29, 0.717) is 16.6 Å². The smallest absolute Gasteiger partial charge is 0.405 e. The molecule has 0 saturated heterocycles. The highest BCUT2D eigenvalue weighted by Gasteiger charge is 2.30. The van der Waals surface area contributed by atoms with Gasteiger partial charge in [-0.1, -0.05) is 26.7 Å². The molecule has 126 valence electrons. The quantitative estimate of drug-likeness (QED) is 0.521. The van der Waals surface area contributed by atoms with E-state index in [4.69, 9.17) is 4.74 Å². The van der Waals surface area contributed by atoms with Gasteiger partial charge in [-0.15, -0.1) is 0 Å². The van der Waals surface area contributed by atoms with E-state index >= 15 is 0 Å². The van der Waals surface area contributed by atoms with Gasteiger partial charge in [-0.25, -0.2) is 4.79 Å². The SMILES string of the molecule is C[C@H]1[C@@H](NC(=O)[C@@H](C)OC(=O)c2cccc[n+]2[O-])CCC[C@@H]1C. The highest BCUT2D eigenvalue weighted by atomic mass is 16.6. The van der Waals surface area contributed by atoms with Crippen LogP contribution >= 0.6 is 0 Å². The molecule has 1 fully saturated rings. The maximum Gasteiger partial charge on any atom is 0.405 e. The van der Waals surface area contributed by atoms with Crippen LogP contribution in [0.3, 0.4) is 0 Å². The summed E-state index contributed by atoms with van der Waals surface area (Å²) in [7, 11) is 0. The number of carbonyl (C=O) groups excluding carboxylic acids is 2. The van der Waals surface area contributed by atoms with Crippen molar-refractivity contribution in [2.75, 3.05) is 0 Å². The Morgan fingerprint density at radius 1 is 1.35 bits per heavy atom. The summed E-state index contributed by atoms with van der Waals surface area (Å²) in [4.78, 5) is 24.2. The van der Waals surface area contributed by atoms with Gasteiger partial charge in [0.25, 0.3) is 5.91 Å². The maximum absolute atomic E-state index is 12.2. The molecular weight excluding hydrogens is 296 g/mol. The summed E-state index contributed by atoms with van der Waals surface area (Å²) in [6.45, 7) is 5.84. The fourth-order valence-corrected chi connectivity index (χ4v) is 2.95. The number of pyridine rings is 1. The lowest BCUT2D eigenvalue weighted by Gasteiger charge is -2.35. The summed E-state index contributed by atoms with van der Waals surface area (Å²) in [5.74, 6) is -0.157. The first-order valence-electron chi connectivity index (χ1n) is 8.09. The molecule has 0 spiro atoms. The van der Waals surface area contributed by atoms with Crippen LogP contribution in [0.5, 0.6) is 0 Å². The van der Waals surface area contributed by atoms with Gasteiger partial charge >= 0.3 is 11.7 Å². The van der Waals surface area contributed by atoms with Crippen molar-refractivity contribution >= 4 is 11.9 Å². The Morgan fingerprint density at radius 2 is 2.09 bits per heavy atom. The van der Waals surface area contributed by atoms with Crippen LogP contribution in [0.2, 0.25) is 0 Å². The van der Waals surface area contributed by atoms with Gasteiger partial charge in [-0.2, -0.15) is 4.73 Å². The van der Waals surface area contributed by atoms with E-state index in [-0.39, 0.29) is 17.6 Å². The van der Waals surface area contributed by atoms with Gasteiger partial charge in [-0.05, 0) is 31.2 Å². The van der Waals surface area contributed by atoms with E-state index in [0.717, 1.165) is 12.8 Å². The van der Waals surface area contributed by atoms with Crippen molar-refractivity contribution in [2.24, 2.45) is 11.8 Å². The Hall–Kier alpha value is -2.11. The molecule has 6 heteroatoms. The number of ether oxygens (including phenoxy) is 1. The molecule has 0 unspecified atom stereocenters. The molecule has 2 rings (SSSR count). The standard InChI is InChI=1S/C17H24N2O4/c1-11-7-6-8-14(12(11)2)18-16(20)13(3)23-17(21)15-9-4-5-10-19(15)22/h4-5,9-14H,6-8H2,1-3H3,(H,18,20)/t11-,12+,13+,14-/m0/s1. The van der Waals surface area contributed by atoms with E-state index < -0.39 is 12.1 Å². The minimum atomic E-state index is -0.938. The molecule has 1 aliphatic rings. The summed E-state index contributed by atoms with van der Waals surface area (Å²) < 4.78 is 5.54. The van der Waals surface area contributed by atoms with E-state index in [1.807, 2.05) is 0 Å². The second-order valence-corrected chi connectivity index (χ2v) is 6.34. The minimum absolute atomic E-state index is 0.105. The summed E-state index contributed by atoms with van der Waals surface area (Å²) in [5, 5.41) is 14.5. The molecule has 1 aromatic heterocycles. The van der Waals surface area contributed by atoms with Gasteiger partial charge in [0.05, 0.1) is 0 Å². The van der Waals surface area contributed by atoms with Crippen LogP contribution in [0, 0.1) is 17.0 Å². The normalized spacial score (nSPS) is 25.4. The molecule has 1 N–H and O–H groups in total. The first-order valence-corrected chi connectivity index (χ1v) is 8.09. The number of carbonyl (C=O) groups is 2. The van der Waals surface area contributed by atoms with E-state index in [1.54, 1.807) is 6.07 Å². The fourth-order valence-electron chi connectivity index (χ4n) is 2.95. The Bertz CT molecular complexity index is 575. The summed E-state index contributed by atoms with van der Waals surface area (Å²) in [5.41, 5.74) is -0.133. The van der Waals surface area contributed by atoms with Gasteiger partial charge in [0, 0.05) is 18.2 Å². The number of amides is 1. The van der Waals surface area contributed by atoms with Crippen LogP contribution in [0.1, 0.15) is 50.5 Å². The van der Waals surface area contributed by atoms with E-state index in [2.05, 4.69) is 19.2 Å². The first-order chi connectivity index (χ1) is 10.9.